The van der Waals surface area contributed by atoms with E-state index >= 15 is 0 Å². The smallest absolute Gasteiger partial charge is 0.206 e. The maximum Gasteiger partial charge on any atom is 0.206 e. The van der Waals surface area contributed by atoms with Crippen molar-refractivity contribution in [1.29, 1.82) is 0 Å². The molecule has 13 aromatic carbocycles. The second kappa shape index (κ2) is 46.2. The monoisotopic (exact) mass is 1710 g/mol. The highest BCUT2D eigenvalue weighted by molar-refractivity contribution is 7.25. The molecule has 4 aliphatic heterocycles. The molecule has 4 unspecified atom stereocenters. The van der Waals surface area contributed by atoms with Gasteiger partial charge in [0, 0.05) is 101 Å². The van der Waals surface area contributed by atoms with E-state index in [9.17, 15) is 0 Å². The summed E-state index contributed by atoms with van der Waals surface area (Å²) in [4.78, 5) is 8.07. The van der Waals surface area contributed by atoms with Crippen LogP contribution in [0.3, 0.4) is 0 Å². The molecule has 6 N–H and O–H groups in total. The summed E-state index contributed by atoms with van der Waals surface area (Å²) in [6, 6.07) is 106. The predicted octanol–water partition coefficient (Wildman–Crippen LogP) is 34.8. The van der Waals surface area contributed by atoms with Gasteiger partial charge in [-0.15, -0.1) is 11.3 Å². The van der Waals surface area contributed by atoms with Gasteiger partial charge in [-0.3, -0.25) is 0 Å². The number of benzene rings is 13. The predicted molar refractivity (Wildman–Crippen MR) is 563 cm³/mol. The van der Waals surface area contributed by atoms with Crippen LogP contribution >= 0.6 is 11.3 Å². The molecule has 9 heteroatoms. The fraction of sp³-hybridized carbons (Fsp3) is 0.316. The summed E-state index contributed by atoms with van der Waals surface area (Å²) in [5, 5.41) is 28.1. The van der Waals surface area contributed by atoms with Gasteiger partial charge >= 0.3 is 0 Å². The van der Waals surface area contributed by atoms with Crippen LogP contribution in [-0.2, 0) is 18.3 Å². The Hall–Kier alpha value is -11.4. The first-order valence-electron chi connectivity index (χ1n) is 48.4. The number of hydrogen-bond donors (Lipinski definition) is 6. The number of hydrogen-bond acceptors (Lipinski definition) is 6. The summed E-state index contributed by atoms with van der Waals surface area (Å²) in [7, 11) is -1.49. The number of para-hydroxylation sites is 7. The SMILES string of the molecule is CC.CC.CC.CC.CC.CC.CC.CC.CC.C[Si]1(C)c2ccccc2Nc2ccccc21.c1c2c(cc3c1NC1CCCCC31)CCCC2.c1ccc2c(c1)Nc1ccccc1C21c2ccccc2-c2ccccc21.c1ccc2c(c1)[nH]c1oc3ccccc3c12.c1ccc2c(c1)[nH]c1sc3ccccc3c12.c1ccc2cc3c(cc2c1)NC1CCCCC31. The number of nitrogens with one attached hydrogen (secondary N) is 6. The number of aromatic nitrogens is 2. The molecule has 656 valence electrons. The maximum atomic E-state index is 5.78. The van der Waals surface area contributed by atoms with Crippen molar-refractivity contribution in [2.24, 2.45) is 0 Å². The quantitative estimate of drug-likeness (QED) is 0.0851. The Bertz CT molecular complexity index is 5880. The Balaban J connectivity index is 0.000000143. The highest BCUT2D eigenvalue weighted by Gasteiger charge is 2.50. The zero-order valence-electron chi connectivity index (χ0n) is 79.3. The van der Waals surface area contributed by atoms with Crippen LogP contribution in [0.15, 0.2) is 296 Å². The zero-order valence-corrected chi connectivity index (χ0v) is 81.1. The van der Waals surface area contributed by atoms with Crippen LogP contribution in [0.2, 0.25) is 13.1 Å². The molecule has 2 saturated carbocycles. The molecular formula is C117H142N6OSSi. The molecule has 0 bridgehead atoms. The summed E-state index contributed by atoms with van der Waals surface area (Å²) < 4.78 is 7.14. The third-order valence-corrected chi connectivity index (χ3v) is 29.5. The lowest BCUT2D eigenvalue weighted by molar-refractivity contribution is 0.422. The average Bonchev–Trinajstić information content (AvgIpc) is 1.51. The van der Waals surface area contributed by atoms with Crippen LogP contribution in [0.4, 0.5) is 34.1 Å². The lowest BCUT2D eigenvalue weighted by Gasteiger charge is -2.40. The molecule has 8 aliphatic rings. The van der Waals surface area contributed by atoms with Crippen molar-refractivity contribution in [3.63, 3.8) is 0 Å². The number of rotatable bonds is 0. The van der Waals surface area contributed by atoms with E-state index in [0.717, 1.165) is 34.7 Å². The minimum absolute atomic E-state index is 0.258. The molecule has 25 rings (SSSR count). The fourth-order valence-corrected chi connectivity index (χ4v) is 23.9. The van der Waals surface area contributed by atoms with E-state index < -0.39 is 8.07 Å². The van der Waals surface area contributed by atoms with E-state index in [1.165, 1.54) is 213 Å². The first kappa shape index (κ1) is 95.3. The van der Waals surface area contributed by atoms with Gasteiger partial charge in [-0.05, 0) is 195 Å². The van der Waals surface area contributed by atoms with Crippen LogP contribution in [0.1, 0.15) is 245 Å². The second-order valence-corrected chi connectivity index (χ2v) is 36.7. The van der Waals surface area contributed by atoms with Gasteiger partial charge in [0.1, 0.15) is 18.5 Å². The highest BCUT2D eigenvalue weighted by atomic mass is 32.1. The molecule has 0 amide bonds. The molecule has 17 aromatic rings. The topological polar surface area (TPSA) is 92.8 Å². The summed E-state index contributed by atoms with van der Waals surface area (Å²) in [6.07, 6.45) is 16.5. The van der Waals surface area contributed by atoms with Gasteiger partial charge in [0.25, 0.3) is 0 Å². The Labute approximate surface area is 760 Å². The van der Waals surface area contributed by atoms with Crippen molar-refractivity contribution in [2.45, 2.75) is 244 Å². The molecule has 0 radical (unpaired) electrons. The molecule has 8 heterocycles. The lowest BCUT2D eigenvalue weighted by Crippen LogP contribution is -2.56. The first-order valence-corrected chi connectivity index (χ1v) is 52.2. The van der Waals surface area contributed by atoms with E-state index in [0.29, 0.717) is 6.04 Å². The van der Waals surface area contributed by atoms with Crippen molar-refractivity contribution in [3.05, 3.63) is 336 Å². The molecular weight excluding hydrogens is 1570 g/mol. The van der Waals surface area contributed by atoms with Crippen LogP contribution in [0.5, 0.6) is 0 Å². The Kier molecular flexibility index (Phi) is 34.9. The van der Waals surface area contributed by atoms with E-state index in [1.807, 2.05) is 160 Å². The summed E-state index contributed by atoms with van der Waals surface area (Å²) in [5.41, 5.74) is 26.3. The molecule has 4 atom stereocenters. The maximum absolute atomic E-state index is 5.78. The van der Waals surface area contributed by atoms with Crippen molar-refractivity contribution in [3.8, 4) is 11.1 Å². The third-order valence-electron chi connectivity index (χ3n) is 24.9. The molecule has 4 aromatic heterocycles. The van der Waals surface area contributed by atoms with Gasteiger partial charge in [0.2, 0.25) is 5.71 Å². The molecule has 126 heavy (non-hydrogen) atoms. The number of aromatic amines is 2. The van der Waals surface area contributed by atoms with E-state index in [-0.39, 0.29) is 5.41 Å². The summed E-state index contributed by atoms with van der Waals surface area (Å²) >= 11 is 1.83. The normalized spacial score (nSPS) is 16.1. The number of aryl methyl sites for hydroxylation is 2. The fourth-order valence-electron chi connectivity index (χ4n) is 19.9. The van der Waals surface area contributed by atoms with Crippen molar-refractivity contribution >= 4 is 139 Å². The molecule has 2 fully saturated rings. The summed E-state index contributed by atoms with van der Waals surface area (Å²) in [6.45, 7) is 40.8. The van der Waals surface area contributed by atoms with E-state index in [4.69, 9.17) is 4.42 Å². The lowest BCUT2D eigenvalue weighted by atomic mass is 9.65. The standard InChI is InChI=1S/C25H17N.C16H21N.C16H17N.C14H9NO.C14H9NS.C14H15NSi.9C2H6/c1-3-11-19-17(9-1)18-10-2-4-12-20(18)25(19)21-13-5-7-15-23(21)26-24-16-8-6-14-22(24)25;2*1-2-6-12-10-16-14(9-11(12)5-1)13-7-3-4-8-15(13)17-16;2*1-3-7-11-9(5-1)13-10-6-2-4-8-12(10)16-14(13)15-11;1-16(2)13-9-5-3-7-11(13)15-12-8-4-6-10-14(12)16;9*1-2/h1-16,26H;9-10,13,15,17H,1-8H2;1-2,5-6,9-10,13,15,17H,3-4,7-8H2;2*1-8,15H;3-10,15H,1-2H3;9*1-2H3. The molecule has 1 spiro atoms. The molecule has 4 aliphatic carbocycles. The molecule has 7 nitrogen and oxygen atoms in total. The zero-order chi connectivity index (χ0) is 89.9. The Morgan fingerprint density at radius 1 is 0.325 bits per heavy atom. The minimum Gasteiger partial charge on any atom is -0.440 e. The average molecular weight is 1710 g/mol. The Morgan fingerprint density at radius 2 is 0.714 bits per heavy atom. The van der Waals surface area contributed by atoms with Gasteiger partial charge in [-0.1, -0.05) is 388 Å². The van der Waals surface area contributed by atoms with Gasteiger partial charge < -0.3 is 35.7 Å². The number of fused-ring (bicyclic) bond motifs is 29. The van der Waals surface area contributed by atoms with Gasteiger partial charge in [0.05, 0.1) is 10.8 Å². The van der Waals surface area contributed by atoms with Gasteiger partial charge in [-0.25, -0.2) is 0 Å². The summed E-state index contributed by atoms with van der Waals surface area (Å²) in [5.74, 6) is 1.59. The van der Waals surface area contributed by atoms with Gasteiger partial charge in [-0.2, -0.15) is 0 Å². The van der Waals surface area contributed by atoms with Crippen molar-refractivity contribution in [1.82, 2.24) is 9.97 Å². The third kappa shape index (κ3) is 19.2. The van der Waals surface area contributed by atoms with Crippen LogP contribution in [0.25, 0.3) is 86.1 Å². The number of thiophene rings is 1. The van der Waals surface area contributed by atoms with Crippen LogP contribution in [0, 0.1) is 0 Å². The largest absolute Gasteiger partial charge is 0.440 e. The minimum atomic E-state index is -1.49. The van der Waals surface area contributed by atoms with E-state index in [2.05, 4.69) is 311 Å². The number of furan rings is 1. The van der Waals surface area contributed by atoms with Gasteiger partial charge in [0.15, 0.2) is 0 Å². The molecule has 0 saturated heterocycles. The van der Waals surface area contributed by atoms with E-state index in [1.54, 1.807) is 22.3 Å². The van der Waals surface area contributed by atoms with Crippen molar-refractivity contribution in [2.75, 3.05) is 21.3 Å². The number of H-pyrrole nitrogens is 2. The Morgan fingerprint density at radius 3 is 1.26 bits per heavy atom. The van der Waals surface area contributed by atoms with Crippen LogP contribution < -0.4 is 31.6 Å². The second-order valence-electron chi connectivity index (χ2n) is 31.3. The van der Waals surface area contributed by atoms with Crippen molar-refractivity contribution < 1.29 is 4.42 Å². The number of anilines is 6. The first-order chi connectivity index (χ1) is 62.3. The van der Waals surface area contributed by atoms with Crippen LogP contribution in [-0.4, -0.2) is 30.1 Å². The highest BCUT2D eigenvalue weighted by Crippen LogP contribution is 2.61.